The van der Waals surface area contributed by atoms with E-state index in [1.54, 1.807) is 7.11 Å². The minimum absolute atomic E-state index is 0.0161. The van der Waals surface area contributed by atoms with Crippen LogP contribution in [-0.2, 0) is 48.0 Å². The van der Waals surface area contributed by atoms with Gasteiger partial charge in [-0.05, 0) is 149 Å². The number of esters is 1. The van der Waals surface area contributed by atoms with Crippen molar-refractivity contribution in [1.82, 2.24) is 40.4 Å². The number of fused-ring (bicyclic) bond motifs is 6. The normalized spacial score (nSPS) is 26.8. The predicted octanol–water partition coefficient (Wildman–Crippen LogP) is 7.61. The van der Waals surface area contributed by atoms with Crippen LogP contribution < -0.4 is 16.1 Å². The Hall–Kier alpha value is -5.32. The number of hydrogen-bond donors (Lipinski definition) is 4. The Morgan fingerprint density at radius 2 is 1.81 bits per heavy atom. The van der Waals surface area contributed by atoms with E-state index in [-0.39, 0.29) is 67.0 Å². The number of pyridine rings is 1. The highest BCUT2D eigenvalue weighted by Crippen LogP contribution is 2.47. The third kappa shape index (κ3) is 10.4. The Bertz CT molecular complexity index is 2780. The monoisotopic (exact) mass is 997 g/mol. The molecule has 5 fully saturated rings. The number of hydrazine groups is 1. The van der Waals surface area contributed by atoms with Gasteiger partial charge in [0.25, 0.3) is 5.91 Å². The molecule has 0 radical (unpaired) electrons. The Balaban J connectivity index is 0.916. The number of nitrogens with one attached hydrogen (secondary N) is 3. The summed E-state index contributed by atoms with van der Waals surface area (Å²) < 4.78 is 20.9. The highest BCUT2D eigenvalue weighted by atomic mass is 16.5. The number of methoxy groups -OCH3 is 1. The van der Waals surface area contributed by atoms with Crippen LogP contribution in [0.5, 0.6) is 5.75 Å². The third-order valence-electron chi connectivity index (χ3n) is 17.2. The second-order valence-corrected chi connectivity index (χ2v) is 23.3. The maximum Gasteiger partial charge on any atom is 0.324 e. The molecule has 15 nitrogen and oxygen atoms in total. The molecular weight excluding hydrogens is 921 g/mol. The van der Waals surface area contributed by atoms with Crippen molar-refractivity contribution in [1.29, 1.82) is 0 Å². The van der Waals surface area contributed by atoms with Gasteiger partial charge < -0.3 is 39.4 Å². The van der Waals surface area contributed by atoms with Gasteiger partial charge in [0.15, 0.2) is 0 Å². The summed E-state index contributed by atoms with van der Waals surface area (Å²) in [5, 5.41) is 21.4. The van der Waals surface area contributed by atoms with Gasteiger partial charge in [0.1, 0.15) is 24.2 Å². The van der Waals surface area contributed by atoms with Gasteiger partial charge in [-0.2, -0.15) is 0 Å². The lowest BCUT2D eigenvalue weighted by atomic mass is 9.84. The molecule has 15 heteroatoms. The number of aryl methyl sites for hydroxylation is 1. The van der Waals surface area contributed by atoms with Gasteiger partial charge in [-0.15, -0.1) is 0 Å². The van der Waals surface area contributed by atoms with Crippen molar-refractivity contribution in [3.8, 4) is 28.1 Å². The zero-order valence-electron chi connectivity index (χ0n) is 43.6. The first kappa shape index (κ1) is 49.9. The molecule has 6 bridgehead atoms. The molecule has 4 aromatic rings. The quantitative estimate of drug-likeness (QED) is 0.115. The summed E-state index contributed by atoms with van der Waals surface area (Å²) in [5.41, 5.74) is 12.8. The van der Waals surface area contributed by atoms with Crippen LogP contribution >= 0.6 is 0 Å². The molecule has 3 saturated heterocycles. The van der Waals surface area contributed by atoms with Crippen molar-refractivity contribution in [2.24, 2.45) is 22.7 Å². The molecule has 1 unspecified atom stereocenters. The Labute approximate surface area is 430 Å². The zero-order chi connectivity index (χ0) is 50.6. The van der Waals surface area contributed by atoms with E-state index in [2.05, 4.69) is 81.5 Å². The summed E-state index contributed by atoms with van der Waals surface area (Å²) in [6.07, 6.45) is 12.6. The summed E-state index contributed by atoms with van der Waals surface area (Å²) in [4.78, 5) is 51.9. The van der Waals surface area contributed by atoms with Crippen LogP contribution in [0.4, 0.5) is 0 Å². The average Bonchev–Trinajstić information content (AvgIpc) is 4.19. The fourth-order valence-corrected chi connectivity index (χ4v) is 13.2. The van der Waals surface area contributed by atoms with Crippen LogP contribution in [0.2, 0.25) is 0 Å². The van der Waals surface area contributed by atoms with Crippen LogP contribution in [0.3, 0.4) is 0 Å². The van der Waals surface area contributed by atoms with E-state index in [9.17, 15) is 14.7 Å². The number of benzene rings is 2. The van der Waals surface area contributed by atoms with Crippen LogP contribution in [0.15, 0.2) is 66.1 Å². The highest BCUT2D eigenvalue weighted by molar-refractivity contribution is 5.98. The fourth-order valence-electron chi connectivity index (χ4n) is 13.2. The number of aromatic hydroxyl groups is 1. The van der Waals surface area contributed by atoms with Gasteiger partial charge in [0.05, 0.1) is 42.8 Å². The zero-order valence-corrected chi connectivity index (χ0v) is 43.6. The van der Waals surface area contributed by atoms with Crippen molar-refractivity contribution in [2.75, 3.05) is 59.8 Å². The minimum atomic E-state index is -0.516. The fraction of sp³-hybridized carbons (Fsp3) is 0.586. The molecule has 4 N–H and O–H groups in total. The number of allylic oxidation sites excluding steroid dienone is 1. The number of nitrogens with zero attached hydrogens (tertiary/aromatic N) is 5. The lowest BCUT2D eigenvalue weighted by Crippen LogP contribution is -2.55. The minimum Gasteiger partial charge on any atom is -0.508 e. The molecule has 2 aromatic carbocycles. The number of amides is 2. The van der Waals surface area contributed by atoms with E-state index in [0.29, 0.717) is 38.3 Å². The molecule has 6 atom stereocenters. The Morgan fingerprint density at radius 3 is 2.60 bits per heavy atom. The second-order valence-electron chi connectivity index (χ2n) is 23.3. The summed E-state index contributed by atoms with van der Waals surface area (Å²) >= 11 is 0. The number of aromatic nitrogens is 2. The molecule has 7 heterocycles. The van der Waals surface area contributed by atoms with Gasteiger partial charge in [0, 0.05) is 84.9 Å². The van der Waals surface area contributed by atoms with Gasteiger partial charge in [-0.3, -0.25) is 24.3 Å². The van der Waals surface area contributed by atoms with Crippen molar-refractivity contribution in [3.05, 3.63) is 82.9 Å². The number of ether oxygens (including phenoxy) is 3. The molecule has 2 amide bonds. The number of carbonyl (C=O) groups is 3. The Kier molecular flexibility index (Phi) is 14.0. The lowest BCUT2D eigenvalue weighted by molar-refractivity contribution is -0.154. The SMILES string of the molecule is CCn1c(-c2cccnc2[C@H](C)OC)c2c3cc(ccc31)-c1cc(O)cc(c1)C[C@H](NC(=O)[C@H](C1CCCC1)N1CC[C@@]3(CCN(C(=O)C4=C(C5CC5)N4)C3)C1)COCN1CCC[C@H](N1)C(=O)OCC(C)(C)C2. The number of rotatable bonds is 10. The molecular formula is C58H76N8O7. The second kappa shape index (κ2) is 20.4. The van der Waals surface area contributed by atoms with Gasteiger partial charge in [-0.1, -0.05) is 38.8 Å². The molecule has 7 aliphatic rings. The molecule has 11 rings (SSSR count). The molecule has 1 spiro atoms. The van der Waals surface area contributed by atoms with Crippen molar-refractivity contribution in [2.45, 2.75) is 136 Å². The standard InChI is InChI=1S/C58H76N8O7/c1-6-66-48-18-17-40-29-45(48)46(53(66)44-13-9-21-59-49(44)36(2)71-5)30-57(3,4)34-73-56(70)47-14-10-22-65(62-47)35-72-31-42(26-37-25-41(40)28-43(67)27-37)60-54(68)52(39-11-7-8-12-39)63-23-19-58(32-63)20-24-64(33-58)55(69)51-50(61-51)38-15-16-38/h9,13,17-18,21,25,27-29,36,38-39,42,47,52,61-62,67H,6-8,10-12,14-16,19-20,22-24,26,30-35H2,1-5H3,(H,60,68)/t36-,42-,47-,52-,58+/m0/s1. The van der Waals surface area contributed by atoms with Crippen molar-refractivity contribution in [3.63, 3.8) is 0 Å². The molecule has 5 aliphatic heterocycles. The largest absolute Gasteiger partial charge is 0.508 e. The van der Waals surface area contributed by atoms with E-state index in [1.807, 2.05) is 36.3 Å². The van der Waals surface area contributed by atoms with E-state index in [4.69, 9.17) is 19.2 Å². The van der Waals surface area contributed by atoms with Gasteiger partial charge in [-0.25, -0.2) is 10.4 Å². The average molecular weight is 997 g/mol. The number of hydrogen-bond acceptors (Lipinski definition) is 12. The molecule has 390 valence electrons. The smallest absolute Gasteiger partial charge is 0.324 e. The molecule has 2 saturated carbocycles. The number of phenolic OH excluding ortho intramolecular Hbond substituents is 1. The lowest BCUT2D eigenvalue weighted by Gasteiger charge is -2.35. The Morgan fingerprint density at radius 1 is 0.986 bits per heavy atom. The summed E-state index contributed by atoms with van der Waals surface area (Å²) in [6.45, 7) is 13.7. The number of likely N-dealkylation sites (tertiary alicyclic amines) is 2. The first-order valence-corrected chi connectivity index (χ1v) is 27.4. The molecule has 2 aromatic heterocycles. The van der Waals surface area contributed by atoms with Gasteiger partial charge in [0.2, 0.25) is 5.91 Å². The van der Waals surface area contributed by atoms with Crippen LogP contribution in [0.25, 0.3) is 33.3 Å². The topological polar surface area (TPSA) is 173 Å². The number of phenols is 1. The first-order chi connectivity index (χ1) is 35.3. The maximum absolute atomic E-state index is 15.1. The van der Waals surface area contributed by atoms with E-state index >= 15 is 4.79 Å². The number of carbonyl (C=O) groups excluding carboxylic acids is 3. The predicted molar refractivity (Wildman–Crippen MR) is 280 cm³/mol. The third-order valence-corrected chi connectivity index (χ3v) is 17.2. The van der Waals surface area contributed by atoms with E-state index in [0.717, 1.165) is 127 Å². The van der Waals surface area contributed by atoms with Crippen LogP contribution in [0.1, 0.15) is 115 Å². The van der Waals surface area contributed by atoms with Crippen molar-refractivity contribution >= 4 is 28.7 Å². The summed E-state index contributed by atoms with van der Waals surface area (Å²) in [7, 11) is 1.71. The number of cyclic esters (lactones) is 1. The molecule has 73 heavy (non-hydrogen) atoms. The van der Waals surface area contributed by atoms with Crippen LogP contribution in [0, 0.1) is 22.7 Å². The maximum atomic E-state index is 15.1. The molecule has 2 aliphatic carbocycles. The van der Waals surface area contributed by atoms with Crippen LogP contribution in [-0.4, -0.2) is 125 Å². The van der Waals surface area contributed by atoms with Gasteiger partial charge >= 0.3 is 5.97 Å². The van der Waals surface area contributed by atoms with E-state index < -0.39 is 17.5 Å². The first-order valence-electron chi connectivity index (χ1n) is 27.4. The highest BCUT2D eigenvalue weighted by Gasteiger charge is 2.51. The summed E-state index contributed by atoms with van der Waals surface area (Å²) in [6, 6.07) is 15.2. The summed E-state index contributed by atoms with van der Waals surface area (Å²) in [5.74, 6) is 0.840. The van der Waals surface area contributed by atoms with E-state index in [1.165, 1.54) is 18.5 Å². The van der Waals surface area contributed by atoms with Crippen molar-refractivity contribution < 1.29 is 33.7 Å².